The average molecular weight is 408 g/mol. The van der Waals surface area contributed by atoms with Crippen LogP contribution in [0.1, 0.15) is 18.6 Å². The number of carboxylic acids is 1. The second-order valence-electron chi connectivity index (χ2n) is 6.39. The van der Waals surface area contributed by atoms with E-state index in [4.69, 9.17) is 23.8 Å². The van der Waals surface area contributed by atoms with Crippen molar-refractivity contribution < 1.29 is 41.8 Å². The maximum atomic E-state index is 12.0. The van der Waals surface area contributed by atoms with Gasteiger partial charge >= 0.3 is 12.1 Å². The van der Waals surface area contributed by atoms with E-state index < -0.39 is 12.1 Å². The molecule has 0 spiro atoms. The Hall–Kier alpha value is -2.11. The number of amides is 1. The Morgan fingerprint density at radius 2 is 2.14 bits per heavy atom. The number of likely N-dealkylation sites (tertiary alicyclic amines) is 1. The molecule has 0 aliphatic carbocycles. The number of carbonyl (C=O) groups excluding carboxylic acids is 1. The van der Waals surface area contributed by atoms with Crippen molar-refractivity contribution in [3.8, 4) is 0 Å². The van der Waals surface area contributed by atoms with Crippen LogP contribution in [0.15, 0.2) is 22.8 Å². The highest BCUT2D eigenvalue weighted by Crippen LogP contribution is 2.33. The third-order valence-corrected chi connectivity index (χ3v) is 4.47. The molecule has 8 nitrogen and oxygen atoms in total. The molecule has 158 valence electrons. The lowest BCUT2D eigenvalue weighted by Crippen LogP contribution is -2.37. The van der Waals surface area contributed by atoms with E-state index in [0.29, 0.717) is 19.2 Å². The summed E-state index contributed by atoms with van der Waals surface area (Å²) >= 11 is 0. The van der Waals surface area contributed by atoms with Gasteiger partial charge in [-0.15, -0.1) is 0 Å². The zero-order valence-corrected chi connectivity index (χ0v) is 15.3. The number of hydrogen-bond donors (Lipinski definition) is 2. The molecule has 11 heteroatoms. The summed E-state index contributed by atoms with van der Waals surface area (Å²) in [5.74, 6) is -1.82. The first kappa shape index (κ1) is 22.2. The third kappa shape index (κ3) is 6.21. The number of alkyl halides is 3. The lowest BCUT2D eigenvalue weighted by Gasteiger charge is -2.21. The minimum absolute atomic E-state index is 0.0283. The summed E-state index contributed by atoms with van der Waals surface area (Å²) in [6, 6.07) is 4.20. The van der Waals surface area contributed by atoms with Gasteiger partial charge in [-0.05, 0) is 18.6 Å². The van der Waals surface area contributed by atoms with E-state index in [2.05, 4.69) is 10.2 Å². The SMILES string of the molecule is COCCNC(=O)[C@@H]1C[C@@H]2[C@@H](CCN2Cc2ccco2)O1.O=C(O)C(F)(F)F. The van der Waals surface area contributed by atoms with Crippen LogP contribution in [-0.2, 0) is 25.6 Å². The van der Waals surface area contributed by atoms with E-state index >= 15 is 0 Å². The quantitative estimate of drug-likeness (QED) is 0.687. The van der Waals surface area contributed by atoms with Gasteiger partial charge in [-0.25, -0.2) is 4.79 Å². The summed E-state index contributed by atoms with van der Waals surface area (Å²) in [6.45, 7) is 2.83. The van der Waals surface area contributed by atoms with Crippen LogP contribution >= 0.6 is 0 Å². The van der Waals surface area contributed by atoms with Gasteiger partial charge in [0.1, 0.15) is 11.9 Å². The molecule has 2 fully saturated rings. The Labute approximate surface area is 159 Å². The monoisotopic (exact) mass is 408 g/mol. The Kier molecular flexibility index (Phi) is 7.84. The molecule has 1 aromatic rings. The second-order valence-corrected chi connectivity index (χ2v) is 6.39. The van der Waals surface area contributed by atoms with Crippen LogP contribution < -0.4 is 5.32 Å². The number of ether oxygens (including phenoxy) is 2. The molecule has 2 N–H and O–H groups in total. The molecular weight excluding hydrogens is 385 g/mol. The number of aliphatic carboxylic acids is 1. The highest BCUT2D eigenvalue weighted by molar-refractivity contribution is 5.81. The van der Waals surface area contributed by atoms with E-state index in [1.54, 1.807) is 13.4 Å². The van der Waals surface area contributed by atoms with Crippen molar-refractivity contribution in [2.75, 3.05) is 26.8 Å². The number of nitrogens with one attached hydrogen (secondary N) is 1. The number of fused-ring (bicyclic) bond motifs is 1. The van der Waals surface area contributed by atoms with Gasteiger partial charge in [-0.2, -0.15) is 13.2 Å². The predicted molar refractivity (Wildman–Crippen MR) is 89.4 cm³/mol. The standard InChI is InChI=1S/C15H22N2O4.C2HF3O2/c1-19-8-5-16-15(18)14-9-12-13(21-14)4-6-17(12)10-11-3-2-7-20-11;3-2(4,5)1(6)7/h2-3,7,12-14H,4-6,8-10H2,1H3,(H,16,18);(H,6,7)/t12-,13-,14+;/m1./s1. The minimum atomic E-state index is -5.08. The topological polar surface area (TPSA) is 101 Å². The molecule has 0 aromatic carbocycles. The summed E-state index contributed by atoms with van der Waals surface area (Å²) in [6.07, 6.45) is -1.83. The minimum Gasteiger partial charge on any atom is -0.475 e. The van der Waals surface area contributed by atoms with Gasteiger partial charge in [0.05, 0.1) is 25.5 Å². The van der Waals surface area contributed by atoms with Gasteiger partial charge in [0.15, 0.2) is 0 Å². The highest BCUT2D eigenvalue weighted by Gasteiger charge is 2.45. The summed E-state index contributed by atoms with van der Waals surface area (Å²) in [4.78, 5) is 23.3. The number of furan rings is 1. The van der Waals surface area contributed by atoms with E-state index in [1.807, 2.05) is 12.1 Å². The zero-order valence-electron chi connectivity index (χ0n) is 15.3. The molecule has 3 atom stereocenters. The number of methoxy groups -OCH3 is 1. The Bertz CT molecular complexity index is 637. The fourth-order valence-electron chi connectivity index (χ4n) is 3.19. The van der Waals surface area contributed by atoms with Crippen molar-refractivity contribution in [1.29, 1.82) is 0 Å². The van der Waals surface area contributed by atoms with Crippen LogP contribution in [0, 0.1) is 0 Å². The molecule has 1 aromatic heterocycles. The van der Waals surface area contributed by atoms with E-state index in [9.17, 15) is 18.0 Å². The van der Waals surface area contributed by atoms with Crippen LogP contribution in [0.2, 0.25) is 0 Å². The van der Waals surface area contributed by atoms with Crippen LogP contribution in [-0.4, -0.2) is 73.1 Å². The molecule has 2 aliphatic heterocycles. The lowest BCUT2D eigenvalue weighted by atomic mass is 10.1. The predicted octanol–water partition coefficient (Wildman–Crippen LogP) is 1.41. The van der Waals surface area contributed by atoms with E-state index in [1.165, 1.54) is 0 Å². The summed E-state index contributed by atoms with van der Waals surface area (Å²) in [5.41, 5.74) is 0. The van der Waals surface area contributed by atoms with Gasteiger partial charge in [0, 0.05) is 32.7 Å². The zero-order chi connectivity index (χ0) is 20.7. The van der Waals surface area contributed by atoms with Gasteiger partial charge in [-0.1, -0.05) is 0 Å². The van der Waals surface area contributed by atoms with Crippen LogP contribution in [0.25, 0.3) is 0 Å². The van der Waals surface area contributed by atoms with E-state index in [0.717, 1.165) is 31.7 Å². The maximum Gasteiger partial charge on any atom is 0.490 e. The first-order chi connectivity index (χ1) is 13.2. The molecule has 0 unspecified atom stereocenters. The van der Waals surface area contributed by atoms with Crippen LogP contribution in [0.3, 0.4) is 0 Å². The average Bonchev–Trinajstić information content (AvgIpc) is 3.34. The molecular formula is C17H23F3N2O6. The van der Waals surface area contributed by atoms with Gasteiger partial charge < -0.3 is 24.3 Å². The molecule has 3 rings (SSSR count). The second kappa shape index (κ2) is 9.89. The third-order valence-electron chi connectivity index (χ3n) is 4.47. The van der Waals surface area contributed by atoms with Gasteiger partial charge in [0.25, 0.3) is 0 Å². The first-order valence-electron chi connectivity index (χ1n) is 8.71. The van der Waals surface area contributed by atoms with Crippen molar-refractivity contribution in [1.82, 2.24) is 10.2 Å². The number of nitrogens with zero attached hydrogens (tertiary/aromatic N) is 1. The number of carbonyl (C=O) groups is 2. The smallest absolute Gasteiger partial charge is 0.475 e. The normalized spacial score (nSPS) is 24.4. The van der Waals surface area contributed by atoms with Crippen LogP contribution in [0.5, 0.6) is 0 Å². The summed E-state index contributed by atoms with van der Waals surface area (Å²) in [5, 5.41) is 9.97. The molecule has 2 aliphatic rings. The molecule has 3 heterocycles. The fourth-order valence-corrected chi connectivity index (χ4v) is 3.19. The molecule has 2 saturated heterocycles. The highest BCUT2D eigenvalue weighted by atomic mass is 19.4. The van der Waals surface area contributed by atoms with Crippen molar-refractivity contribution >= 4 is 11.9 Å². The molecule has 0 saturated carbocycles. The summed E-state index contributed by atoms with van der Waals surface area (Å²) < 4.78 is 48.0. The largest absolute Gasteiger partial charge is 0.490 e. The molecule has 0 radical (unpaired) electrons. The lowest BCUT2D eigenvalue weighted by molar-refractivity contribution is -0.192. The van der Waals surface area contributed by atoms with Gasteiger partial charge in [0.2, 0.25) is 5.91 Å². The Morgan fingerprint density at radius 3 is 2.71 bits per heavy atom. The van der Waals surface area contributed by atoms with Crippen molar-refractivity contribution in [2.45, 2.75) is 43.8 Å². The number of hydrogen-bond acceptors (Lipinski definition) is 6. The fraction of sp³-hybridized carbons (Fsp3) is 0.647. The first-order valence-corrected chi connectivity index (χ1v) is 8.71. The van der Waals surface area contributed by atoms with Crippen LogP contribution in [0.4, 0.5) is 13.2 Å². The molecule has 0 bridgehead atoms. The summed E-state index contributed by atoms with van der Waals surface area (Å²) in [7, 11) is 1.62. The molecule has 28 heavy (non-hydrogen) atoms. The Morgan fingerprint density at radius 1 is 1.43 bits per heavy atom. The number of rotatable bonds is 6. The number of halogens is 3. The van der Waals surface area contributed by atoms with Gasteiger partial charge in [-0.3, -0.25) is 9.69 Å². The van der Waals surface area contributed by atoms with Crippen molar-refractivity contribution in [3.05, 3.63) is 24.2 Å². The van der Waals surface area contributed by atoms with Crippen molar-refractivity contribution in [3.63, 3.8) is 0 Å². The maximum absolute atomic E-state index is 12.0. The van der Waals surface area contributed by atoms with E-state index in [-0.39, 0.29) is 18.1 Å². The number of carboxylic acid groups (broad SMARTS) is 1. The molecule has 1 amide bonds. The van der Waals surface area contributed by atoms with Crippen molar-refractivity contribution in [2.24, 2.45) is 0 Å². The Balaban J connectivity index is 0.000000345.